The largest absolute Gasteiger partial charge is 0.416 e. The number of amides is 1. The molecule has 0 saturated carbocycles. The van der Waals surface area contributed by atoms with Crippen molar-refractivity contribution in [2.24, 2.45) is 0 Å². The van der Waals surface area contributed by atoms with Crippen LogP contribution in [0.1, 0.15) is 15.9 Å². The van der Waals surface area contributed by atoms with Crippen LogP contribution in [0.15, 0.2) is 45.5 Å². The number of nitrogens with zero attached hydrogens (tertiary/aromatic N) is 2. The summed E-state index contributed by atoms with van der Waals surface area (Å²) in [6, 6.07) is 5.64. The molecule has 0 fully saturated rings. The van der Waals surface area contributed by atoms with Gasteiger partial charge in [0.15, 0.2) is 0 Å². The molecule has 0 spiro atoms. The Morgan fingerprint density at radius 3 is 2.74 bits per heavy atom. The van der Waals surface area contributed by atoms with Gasteiger partial charge in [-0.05, 0) is 29.6 Å². The number of hydrogen-bond acceptors (Lipinski definition) is 5. The normalized spacial score (nSPS) is 11.4. The lowest BCUT2D eigenvalue weighted by Crippen LogP contribution is -2.14. The molecule has 2 heterocycles. The monoisotopic (exact) mass is 339 g/mol. The number of rotatable bonds is 3. The maximum absolute atomic E-state index is 12.6. The zero-order valence-electron chi connectivity index (χ0n) is 11.3. The first-order valence-electron chi connectivity index (χ1n) is 6.28. The summed E-state index contributed by atoms with van der Waals surface area (Å²) in [6.07, 6.45) is -4.52. The lowest BCUT2D eigenvalue weighted by atomic mass is 10.1. The molecule has 1 N–H and O–H groups in total. The van der Waals surface area contributed by atoms with E-state index in [0.717, 1.165) is 18.2 Å². The maximum Gasteiger partial charge on any atom is 0.416 e. The van der Waals surface area contributed by atoms with Crippen molar-refractivity contribution in [3.8, 4) is 11.5 Å². The van der Waals surface area contributed by atoms with Gasteiger partial charge in [0.05, 0.1) is 5.56 Å². The molecule has 0 aliphatic carbocycles. The molecule has 2 aromatic heterocycles. The maximum atomic E-state index is 12.6. The number of aromatic nitrogens is 2. The van der Waals surface area contributed by atoms with Gasteiger partial charge in [-0.15, -0.1) is 5.10 Å². The van der Waals surface area contributed by atoms with Crippen LogP contribution in [-0.4, -0.2) is 16.1 Å². The Hall–Kier alpha value is -2.68. The molecule has 0 aliphatic rings. The van der Waals surface area contributed by atoms with Crippen molar-refractivity contribution < 1.29 is 22.4 Å². The molecule has 5 nitrogen and oxygen atoms in total. The van der Waals surface area contributed by atoms with E-state index >= 15 is 0 Å². The third kappa shape index (κ3) is 3.39. The summed E-state index contributed by atoms with van der Waals surface area (Å²) >= 11 is 1.44. The van der Waals surface area contributed by atoms with Crippen molar-refractivity contribution in [2.45, 2.75) is 6.18 Å². The summed E-state index contributed by atoms with van der Waals surface area (Å²) in [6.45, 7) is 0. The second-order valence-electron chi connectivity index (χ2n) is 4.46. The van der Waals surface area contributed by atoms with Crippen LogP contribution >= 0.6 is 11.3 Å². The van der Waals surface area contributed by atoms with Crippen molar-refractivity contribution in [3.63, 3.8) is 0 Å². The highest BCUT2D eigenvalue weighted by Gasteiger charge is 2.31. The van der Waals surface area contributed by atoms with E-state index in [1.54, 1.807) is 11.4 Å². The zero-order chi connectivity index (χ0) is 16.4. The minimum absolute atomic E-state index is 0.157. The number of nitrogens with one attached hydrogen (secondary N) is 1. The zero-order valence-corrected chi connectivity index (χ0v) is 12.1. The topological polar surface area (TPSA) is 68.0 Å². The van der Waals surface area contributed by atoms with E-state index in [9.17, 15) is 18.0 Å². The van der Waals surface area contributed by atoms with E-state index in [4.69, 9.17) is 4.42 Å². The first kappa shape index (κ1) is 15.2. The van der Waals surface area contributed by atoms with E-state index in [-0.39, 0.29) is 17.5 Å². The highest BCUT2D eigenvalue weighted by Crippen LogP contribution is 2.29. The number of thiophene rings is 1. The van der Waals surface area contributed by atoms with E-state index in [0.29, 0.717) is 5.56 Å². The lowest BCUT2D eigenvalue weighted by molar-refractivity contribution is -0.137. The molecule has 0 radical (unpaired) electrons. The molecule has 118 valence electrons. The summed E-state index contributed by atoms with van der Waals surface area (Å²) in [4.78, 5) is 12.0. The van der Waals surface area contributed by atoms with Gasteiger partial charge >= 0.3 is 12.2 Å². The molecule has 0 unspecified atom stereocenters. The van der Waals surface area contributed by atoms with Crippen molar-refractivity contribution >= 4 is 23.3 Å². The van der Waals surface area contributed by atoms with Crippen LogP contribution < -0.4 is 5.32 Å². The molecule has 1 aromatic carbocycles. The molecule has 0 saturated heterocycles. The molecule has 0 bridgehead atoms. The number of carbonyl (C=O) groups is 1. The van der Waals surface area contributed by atoms with Gasteiger partial charge in [-0.2, -0.15) is 24.5 Å². The first-order valence-corrected chi connectivity index (χ1v) is 7.22. The number of alkyl halides is 3. The molecule has 3 rings (SSSR count). The van der Waals surface area contributed by atoms with E-state index in [1.165, 1.54) is 17.4 Å². The van der Waals surface area contributed by atoms with E-state index < -0.39 is 17.6 Å². The molecule has 1 amide bonds. The van der Waals surface area contributed by atoms with Gasteiger partial charge in [-0.1, -0.05) is 11.2 Å². The highest BCUT2D eigenvalue weighted by atomic mass is 32.1. The summed E-state index contributed by atoms with van der Waals surface area (Å²) < 4.78 is 43.2. The van der Waals surface area contributed by atoms with Crippen molar-refractivity contribution in [1.29, 1.82) is 0 Å². The Morgan fingerprint density at radius 1 is 1.22 bits per heavy atom. The quantitative estimate of drug-likeness (QED) is 0.781. The van der Waals surface area contributed by atoms with Gasteiger partial charge in [0.25, 0.3) is 11.8 Å². The van der Waals surface area contributed by atoms with E-state index in [1.807, 2.05) is 5.38 Å². The Morgan fingerprint density at radius 2 is 2.04 bits per heavy atom. The lowest BCUT2D eigenvalue weighted by Gasteiger charge is -2.07. The van der Waals surface area contributed by atoms with Crippen LogP contribution in [0, 0.1) is 0 Å². The van der Waals surface area contributed by atoms with Crippen molar-refractivity contribution in [2.75, 3.05) is 5.32 Å². The third-order valence-corrected chi connectivity index (χ3v) is 3.55. The summed E-state index contributed by atoms with van der Waals surface area (Å²) in [5, 5.41) is 13.3. The predicted octanol–water partition coefficient (Wildman–Crippen LogP) is 4.07. The molecule has 0 atom stereocenters. The number of carbonyl (C=O) groups excluding carboxylic acids is 1. The average molecular weight is 339 g/mol. The van der Waals surface area contributed by atoms with Crippen LogP contribution in [0.2, 0.25) is 0 Å². The SMILES string of the molecule is O=C(Nc1nnc(-c2ccsc2)o1)c1cccc(C(F)(F)F)c1. The van der Waals surface area contributed by atoms with Crippen LogP contribution in [0.3, 0.4) is 0 Å². The Bertz CT molecular complexity index is 828. The van der Waals surface area contributed by atoms with Crippen molar-refractivity contribution in [3.05, 3.63) is 52.2 Å². The Labute approximate surface area is 131 Å². The van der Waals surface area contributed by atoms with Gasteiger partial charge in [0.1, 0.15) is 0 Å². The first-order chi connectivity index (χ1) is 10.9. The fourth-order valence-electron chi connectivity index (χ4n) is 1.78. The van der Waals surface area contributed by atoms with Gasteiger partial charge in [-0.3, -0.25) is 10.1 Å². The molecule has 23 heavy (non-hydrogen) atoms. The van der Waals surface area contributed by atoms with Gasteiger partial charge in [0, 0.05) is 16.5 Å². The number of halogens is 3. The number of benzene rings is 1. The van der Waals surface area contributed by atoms with Gasteiger partial charge in [0.2, 0.25) is 0 Å². The van der Waals surface area contributed by atoms with Crippen LogP contribution in [0.25, 0.3) is 11.5 Å². The molecule has 9 heteroatoms. The number of anilines is 1. The van der Waals surface area contributed by atoms with Crippen LogP contribution in [0.4, 0.5) is 19.2 Å². The number of hydrogen-bond donors (Lipinski definition) is 1. The average Bonchev–Trinajstić information content (AvgIpc) is 3.17. The van der Waals surface area contributed by atoms with Gasteiger partial charge in [-0.25, -0.2) is 0 Å². The molecular formula is C14H8F3N3O2S. The second-order valence-corrected chi connectivity index (χ2v) is 5.24. The minimum Gasteiger partial charge on any atom is -0.403 e. The van der Waals surface area contributed by atoms with Crippen LogP contribution in [-0.2, 0) is 6.18 Å². The molecule has 0 aliphatic heterocycles. The summed E-state index contributed by atoms with van der Waals surface area (Å²) in [5.41, 5.74) is -0.369. The smallest absolute Gasteiger partial charge is 0.403 e. The summed E-state index contributed by atoms with van der Waals surface area (Å²) in [7, 11) is 0. The molecular weight excluding hydrogens is 331 g/mol. The fourth-order valence-corrected chi connectivity index (χ4v) is 2.41. The van der Waals surface area contributed by atoms with E-state index in [2.05, 4.69) is 15.5 Å². The Balaban J connectivity index is 1.77. The second kappa shape index (κ2) is 5.84. The standard InChI is InChI=1S/C14H8F3N3O2S/c15-14(16,17)10-3-1-2-8(6-10)11(21)18-13-20-19-12(22-13)9-4-5-23-7-9/h1-7H,(H,18,20,21). The predicted molar refractivity (Wildman–Crippen MR) is 77.0 cm³/mol. The highest BCUT2D eigenvalue weighted by molar-refractivity contribution is 7.08. The van der Waals surface area contributed by atoms with Crippen molar-refractivity contribution in [1.82, 2.24) is 10.2 Å². The van der Waals surface area contributed by atoms with Crippen LogP contribution in [0.5, 0.6) is 0 Å². The Kier molecular flexibility index (Phi) is 3.87. The van der Waals surface area contributed by atoms with Gasteiger partial charge < -0.3 is 4.42 Å². The summed E-state index contributed by atoms with van der Waals surface area (Å²) in [5.74, 6) is -0.554. The minimum atomic E-state index is -4.52. The molecule has 3 aromatic rings. The third-order valence-electron chi connectivity index (χ3n) is 2.87. The fraction of sp³-hybridized carbons (Fsp3) is 0.0714.